The first-order valence-corrected chi connectivity index (χ1v) is 5.58. The molecule has 0 aliphatic carbocycles. The fraction of sp³-hybridized carbons (Fsp3) is 0.636. The van der Waals surface area contributed by atoms with E-state index in [9.17, 15) is 15.1 Å². The lowest BCUT2D eigenvalue weighted by atomic mass is 10.0. The van der Waals surface area contributed by atoms with E-state index >= 15 is 0 Å². The number of unbranched alkanes of at least 4 members (excludes halogenated alkanes) is 1. The van der Waals surface area contributed by atoms with Crippen molar-refractivity contribution in [3.05, 3.63) is 17.9 Å². The van der Waals surface area contributed by atoms with Gasteiger partial charge in [-0.05, 0) is 26.2 Å². The summed E-state index contributed by atoms with van der Waals surface area (Å²) in [5.74, 6) is -0.832. The molecule has 0 amide bonds. The molecule has 96 valence electrons. The summed E-state index contributed by atoms with van der Waals surface area (Å²) < 4.78 is 4.67. The van der Waals surface area contributed by atoms with Crippen molar-refractivity contribution in [3.63, 3.8) is 0 Å². The van der Waals surface area contributed by atoms with E-state index in [0.717, 1.165) is 12.8 Å². The Hall–Kier alpha value is -1.56. The van der Waals surface area contributed by atoms with Crippen LogP contribution in [0.2, 0.25) is 0 Å². The molecule has 2 atom stereocenters. The summed E-state index contributed by atoms with van der Waals surface area (Å²) >= 11 is 0. The van der Waals surface area contributed by atoms with Crippen molar-refractivity contribution in [1.29, 1.82) is 0 Å². The number of ether oxygens (including phenoxy) is 1. The molecule has 6 heteroatoms. The molecule has 17 heavy (non-hydrogen) atoms. The summed E-state index contributed by atoms with van der Waals surface area (Å²) in [6.07, 6.45) is 1.81. The molecule has 1 rings (SSSR count). The molecule has 0 saturated heterocycles. The second kappa shape index (κ2) is 6.24. The van der Waals surface area contributed by atoms with Crippen molar-refractivity contribution < 1.29 is 24.4 Å². The molecule has 1 heterocycles. The van der Waals surface area contributed by atoms with Gasteiger partial charge in [0.15, 0.2) is 6.10 Å². The van der Waals surface area contributed by atoms with Gasteiger partial charge in [0, 0.05) is 0 Å². The molecular formula is C11H17NO5. The first kappa shape index (κ1) is 13.5. The summed E-state index contributed by atoms with van der Waals surface area (Å²) in [4.78, 5) is 16.3. The zero-order valence-corrected chi connectivity index (χ0v) is 9.80. The van der Waals surface area contributed by atoms with Crippen molar-refractivity contribution in [3.8, 4) is 0 Å². The minimum Gasteiger partial charge on any atom is -0.458 e. The molecule has 0 aromatic rings. The van der Waals surface area contributed by atoms with Crippen LogP contribution in [0.4, 0.5) is 0 Å². The molecule has 0 saturated carbocycles. The van der Waals surface area contributed by atoms with Crippen LogP contribution in [0.1, 0.15) is 26.2 Å². The van der Waals surface area contributed by atoms with Crippen molar-refractivity contribution in [2.24, 2.45) is 0 Å². The molecule has 1 N–H and O–H groups in total. The zero-order valence-electron chi connectivity index (χ0n) is 9.80. The second-order valence-corrected chi connectivity index (χ2v) is 3.67. The fourth-order valence-corrected chi connectivity index (χ4v) is 1.60. The molecule has 0 fully saturated rings. The molecule has 0 spiro atoms. The summed E-state index contributed by atoms with van der Waals surface area (Å²) in [5.41, 5.74) is -0.379. The fourth-order valence-electron chi connectivity index (χ4n) is 1.60. The SMILES string of the molecule is C=CCCC[C@@H]1O[N+]([O-])=C(C(=O)OCC)[C@H]1O. The maximum absolute atomic E-state index is 11.4. The topological polar surface area (TPSA) is 81.8 Å². The summed E-state index contributed by atoms with van der Waals surface area (Å²) in [6, 6.07) is 0. The molecule has 0 aromatic carbocycles. The smallest absolute Gasteiger partial charge is 0.408 e. The molecule has 6 nitrogen and oxygen atoms in total. The lowest BCUT2D eigenvalue weighted by Gasteiger charge is -2.13. The van der Waals surface area contributed by atoms with Crippen LogP contribution in [0.3, 0.4) is 0 Å². The number of carbonyl (C=O) groups is 1. The zero-order chi connectivity index (χ0) is 12.8. The number of aliphatic hydroxyl groups is 1. The van der Waals surface area contributed by atoms with Gasteiger partial charge in [0.05, 0.1) is 11.5 Å². The Labute approximate surface area is 99.7 Å². The van der Waals surface area contributed by atoms with Gasteiger partial charge in [-0.15, -0.1) is 6.58 Å². The lowest BCUT2D eigenvalue weighted by Crippen LogP contribution is -2.35. The number of hydrogen-bond acceptors (Lipinski definition) is 5. The minimum absolute atomic E-state index is 0.0568. The number of aliphatic hydroxyl groups excluding tert-OH is 1. The Morgan fingerprint density at radius 1 is 1.76 bits per heavy atom. The van der Waals surface area contributed by atoms with Crippen molar-refractivity contribution in [1.82, 2.24) is 0 Å². The molecule has 0 aromatic heterocycles. The summed E-state index contributed by atoms with van der Waals surface area (Å²) in [5, 5.41) is 21.1. The highest BCUT2D eigenvalue weighted by Crippen LogP contribution is 2.17. The standard InChI is InChI=1S/C11H17NO5/c1-3-5-6-7-8-10(13)9(12(15)17-8)11(14)16-4-2/h3,8,10,13H,1,4-7H2,2H3/t8-,10-/m0/s1. The summed E-state index contributed by atoms with van der Waals surface area (Å²) in [7, 11) is 0. The lowest BCUT2D eigenvalue weighted by molar-refractivity contribution is -0.740. The van der Waals surface area contributed by atoms with Gasteiger partial charge in [0.25, 0.3) is 0 Å². The van der Waals surface area contributed by atoms with Gasteiger partial charge in [0.1, 0.15) is 6.10 Å². The third-order valence-electron chi connectivity index (χ3n) is 2.44. The first-order chi connectivity index (χ1) is 8.11. The van der Waals surface area contributed by atoms with Gasteiger partial charge in [-0.2, -0.15) is 0 Å². The normalized spacial score (nSPS) is 23.4. The van der Waals surface area contributed by atoms with Gasteiger partial charge in [-0.3, -0.25) is 5.21 Å². The molecule has 1 aliphatic heterocycles. The predicted octanol–water partition coefficient (Wildman–Crippen LogP) is 0.532. The maximum atomic E-state index is 11.4. The molecule has 0 bridgehead atoms. The monoisotopic (exact) mass is 243 g/mol. The van der Waals surface area contributed by atoms with E-state index in [1.807, 2.05) is 0 Å². The number of nitrogens with zero attached hydrogens (tertiary/aromatic N) is 1. The molecule has 1 aliphatic rings. The summed E-state index contributed by atoms with van der Waals surface area (Å²) in [6.45, 7) is 5.34. The van der Waals surface area contributed by atoms with Crippen molar-refractivity contribution in [2.45, 2.75) is 38.4 Å². The maximum Gasteiger partial charge on any atom is 0.408 e. The number of allylic oxidation sites excluding steroid dienone is 1. The van der Waals surface area contributed by atoms with Crippen LogP contribution < -0.4 is 0 Å². The van der Waals surface area contributed by atoms with Gasteiger partial charge in [-0.1, -0.05) is 6.08 Å². The highest BCUT2D eigenvalue weighted by molar-refractivity contribution is 6.36. The quantitative estimate of drug-likeness (QED) is 0.318. The Kier molecular flexibility index (Phi) is 4.96. The van der Waals surface area contributed by atoms with E-state index in [2.05, 4.69) is 11.3 Å². The van der Waals surface area contributed by atoms with E-state index in [1.165, 1.54) is 0 Å². The number of rotatable bonds is 6. The number of esters is 1. The minimum atomic E-state index is -1.23. The Balaban J connectivity index is 2.58. The van der Waals surface area contributed by atoms with E-state index < -0.39 is 18.2 Å². The van der Waals surface area contributed by atoms with E-state index in [0.29, 0.717) is 6.42 Å². The number of hydrogen-bond donors (Lipinski definition) is 1. The van der Waals surface area contributed by atoms with E-state index in [1.54, 1.807) is 13.0 Å². The van der Waals surface area contributed by atoms with Gasteiger partial charge < -0.3 is 14.7 Å². The van der Waals surface area contributed by atoms with Crippen molar-refractivity contribution in [2.75, 3.05) is 6.61 Å². The highest BCUT2D eigenvalue weighted by Gasteiger charge is 2.44. The van der Waals surface area contributed by atoms with Crippen LogP contribution in [0.5, 0.6) is 0 Å². The average Bonchev–Trinajstić information content (AvgIpc) is 2.55. The van der Waals surface area contributed by atoms with Crippen molar-refractivity contribution >= 4 is 11.7 Å². The predicted molar refractivity (Wildman–Crippen MR) is 60.2 cm³/mol. The Bertz CT molecular complexity index is 326. The largest absolute Gasteiger partial charge is 0.458 e. The third kappa shape index (κ3) is 3.20. The Morgan fingerprint density at radius 2 is 2.47 bits per heavy atom. The van der Waals surface area contributed by atoms with Gasteiger partial charge in [0.2, 0.25) is 0 Å². The van der Waals surface area contributed by atoms with Crippen LogP contribution in [0.15, 0.2) is 12.7 Å². The van der Waals surface area contributed by atoms with E-state index in [4.69, 9.17) is 4.84 Å². The number of carbonyl (C=O) groups excluding carboxylic acids is 1. The van der Waals surface area contributed by atoms with Crippen LogP contribution in [0.25, 0.3) is 0 Å². The van der Waals surface area contributed by atoms with E-state index in [-0.39, 0.29) is 17.2 Å². The van der Waals surface area contributed by atoms with Crippen LogP contribution >= 0.6 is 0 Å². The second-order valence-electron chi connectivity index (χ2n) is 3.67. The highest BCUT2D eigenvalue weighted by atomic mass is 16.9. The van der Waals surface area contributed by atoms with Gasteiger partial charge in [-0.25, -0.2) is 4.79 Å². The third-order valence-corrected chi connectivity index (χ3v) is 2.44. The molecule has 0 radical (unpaired) electrons. The first-order valence-electron chi connectivity index (χ1n) is 5.58. The molecule has 0 unspecified atom stereocenters. The Morgan fingerprint density at radius 3 is 3.06 bits per heavy atom. The molecular weight excluding hydrogens is 226 g/mol. The van der Waals surface area contributed by atoms with Crippen LogP contribution in [0, 0.1) is 5.21 Å². The van der Waals surface area contributed by atoms with Gasteiger partial charge >= 0.3 is 11.7 Å². The van der Waals surface area contributed by atoms with Crippen LogP contribution in [-0.2, 0) is 14.4 Å². The van der Waals surface area contributed by atoms with Crippen LogP contribution in [-0.4, -0.2) is 40.5 Å². The average molecular weight is 243 g/mol.